The third kappa shape index (κ3) is 3.52. The second-order valence-electron chi connectivity index (χ2n) is 3.88. The van der Waals surface area contributed by atoms with Gasteiger partial charge in [0.25, 0.3) is 0 Å². The standard InChI is InChI=1S/C11H20OS2/c1-4-10-11(14-6-5-13-10)9(12)7-8(2)3/h9-12H,2,4-7H2,1,3H3. The summed E-state index contributed by atoms with van der Waals surface area (Å²) in [6.07, 6.45) is 1.72. The van der Waals surface area contributed by atoms with Gasteiger partial charge in [-0.2, -0.15) is 23.5 Å². The van der Waals surface area contributed by atoms with Crippen molar-refractivity contribution in [2.24, 2.45) is 0 Å². The Morgan fingerprint density at radius 3 is 2.71 bits per heavy atom. The smallest absolute Gasteiger partial charge is 0.0706 e. The monoisotopic (exact) mass is 232 g/mol. The fourth-order valence-corrected chi connectivity index (χ4v) is 4.92. The zero-order valence-electron chi connectivity index (χ0n) is 9.03. The van der Waals surface area contributed by atoms with Crippen molar-refractivity contribution in [3.05, 3.63) is 12.2 Å². The van der Waals surface area contributed by atoms with Crippen molar-refractivity contribution in [3.8, 4) is 0 Å². The van der Waals surface area contributed by atoms with Gasteiger partial charge in [0.2, 0.25) is 0 Å². The zero-order chi connectivity index (χ0) is 10.6. The Balaban J connectivity index is 2.49. The lowest BCUT2D eigenvalue weighted by molar-refractivity contribution is 0.169. The molecule has 0 spiro atoms. The summed E-state index contributed by atoms with van der Waals surface area (Å²) < 4.78 is 0. The van der Waals surface area contributed by atoms with Crippen LogP contribution in [0, 0.1) is 0 Å². The van der Waals surface area contributed by atoms with Gasteiger partial charge in [0, 0.05) is 22.0 Å². The highest BCUT2D eigenvalue weighted by Gasteiger charge is 2.30. The van der Waals surface area contributed by atoms with Crippen LogP contribution < -0.4 is 0 Å². The van der Waals surface area contributed by atoms with Crippen molar-refractivity contribution < 1.29 is 5.11 Å². The van der Waals surface area contributed by atoms with Gasteiger partial charge < -0.3 is 5.11 Å². The van der Waals surface area contributed by atoms with Crippen molar-refractivity contribution in [1.29, 1.82) is 0 Å². The molecule has 3 heteroatoms. The first-order valence-corrected chi connectivity index (χ1v) is 7.30. The van der Waals surface area contributed by atoms with Crippen molar-refractivity contribution in [2.45, 2.75) is 43.3 Å². The summed E-state index contributed by atoms with van der Waals surface area (Å²) in [7, 11) is 0. The highest BCUT2D eigenvalue weighted by atomic mass is 32.2. The fourth-order valence-electron chi connectivity index (χ4n) is 1.77. The molecule has 0 saturated carbocycles. The lowest BCUT2D eigenvalue weighted by atomic mass is 10.0. The number of hydrogen-bond acceptors (Lipinski definition) is 3. The van der Waals surface area contributed by atoms with Crippen molar-refractivity contribution in [1.82, 2.24) is 0 Å². The van der Waals surface area contributed by atoms with Gasteiger partial charge in [-0.3, -0.25) is 0 Å². The molecular weight excluding hydrogens is 212 g/mol. The van der Waals surface area contributed by atoms with E-state index < -0.39 is 0 Å². The largest absolute Gasteiger partial charge is 0.392 e. The van der Waals surface area contributed by atoms with Gasteiger partial charge in [0.05, 0.1) is 6.10 Å². The Kier molecular flexibility index (Phi) is 5.42. The number of rotatable bonds is 4. The molecule has 1 nitrogen and oxygen atoms in total. The summed E-state index contributed by atoms with van der Waals surface area (Å²) in [5.74, 6) is 2.42. The lowest BCUT2D eigenvalue weighted by Gasteiger charge is -2.33. The van der Waals surface area contributed by atoms with E-state index in [0.717, 1.165) is 18.4 Å². The molecule has 1 fully saturated rings. The molecule has 3 atom stereocenters. The SMILES string of the molecule is C=C(C)CC(O)C1SCCSC1CC. The summed E-state index contributed by atoms with van der Waals surface area (Å²) in [5, 5.41) is 11.1. The minimum Gasteiger partial charge on any atom is -0.392 e. The summed E-state index contributed by atoms with van der Waals surface area (Å²) >= 11 is 3.95. The van der Waals surface area contributed by atoms with Crippen molar-refractivity contribution >= 4 is 23.5 Å². The molecule has 0 aliphatic carbocycles. The van der Waals surface area contributed by atoms with Gasteiger partial charge in [-0.1, -0.05) is 12.5 Å². The van der Waals surface area contributed by atoms with E-state index in [1.165, 1.54) is 11.5 Å². The predicted molar refractivity (Wildman–Crippen MR) is 68.2 cm³/mol. The molecule has 0 aromatic carbocycles. The fraction of sp³-hybridized carbons (Fsp3) is 0.818. The van der Waals surface area contributed by atoms with Crippen LogP contribution in [-0.2, 0) is 0 Å². The second kappa shape index (κ2) is 6.09. The zero-order valence-corrected chi connectivity index (χ0v) is 10.7. The number of aliphatic hydroxyl groups is 1. The molecule has 82 valence electrons. The third-order valence-corrected chi connectivity index (χ3v) is 5.82. The van der Waals surface area contributed by atoms with Crippen LogP contribution in [0.2, 0.25) is 0 Å². The molecular formula is C11H20OS2. The Morgan fingerprint density at radius 2 is 2.14 bits per heavy atom. The Hall–Kier alpha value is 0.400. The van der Waals surface area contributed by atoms with E-state index in [0.29, 0.717) is 10.5 Å². The topological polar surface area (TPSA) is 20.2 Å². The van der Waals surface area contributed by atoms with Gasteiger partial charge in [-0.05, 0) is 19.8 Å². The van der Waals surface area contributed by atoms with Gasteiger partial charge in [0.1, 0.15) is 0 Å². The van der Waals surface area contributed by atoms with Crippen LogP contribution >= 0.6 is 23.5 Å². The first kappa shape index (κ1) is 12.5. The number of thioether (sulfide) groups is 2. The first-order valence-electron chi connectivity index (χ1n) is 5.20. The quantitative estimate of drug-likeness (QED) is 0.753. The third-order valence-electron chi connectivity index (χ3n) is 2.43. The summed E-state index contributed by atoms with van der Waals surface area (Å²) in [4.78, 5) is 0. The first-order chi connectivity index (χ1) is 6.65. The van der Waals surface area contributed by atoms with E-state index >= 15 is 0 Å². The maximum absolute atomic E-state index is 10.1. The highest BCUT2D eigenvalue weighted by Crippen LogP contribution is 2.36. The van der Waals surface area contributed by atoms with Crippen molar-refractivity contribution in [3.63, 3.8) is 0 Å². The molecule has 1 heterocycles. The molecule has 1 aliphatic rings. The van der Waals surface area contributed by atoms with Gasteiger partial charge in [0.15, 0.2) is 0 Å². The Bertz CT molecular complexity index is 194. The van der Waals surface area contributed by atoms with Crippen LogP contribution in [0.3, 0.4) is 0 Å². The van der Waals surface area contributed by atoms with E-state index in [-0.39, 0.29) is 6.10 Å². The lowest BCUT2D eigenvalue weighted by Crippen LogP contribution is -2.36. The highest BCUT2D eigenvalue weighted by molar-refractivity contribution is 8.07. The molecule has 0 bridgehead atoms. The minimum absolute atomic E-state index is 0.199. The van der Waals surface area contributed by atoms with Crippen LogP contribution in [0.1, 0.15) is 26.7 Å². The second-order valence-corrected chi connectivity index (χ2v) is 6.51. The molecule has 0 aromatic rings. The normalized spacial score (nSPS) is 29.9. The minimum atomic E-state index is -0.199. The molecule has 0 aromatic heterocycles. The van der Waals surface area contributed by atoms with Crippen LogP contribution in [0.5, 0.6) is 0 Å². The van der Waals surface area contributed by atoms with E-state index in [1.807, 2.05) is 30.4 Å². The molecule has 0 radical (unpaired) electrons. The van der Waals surface area contributed by atoms with E-state index in [2.05, 4.69) is 13.5 Å². The van der Waals surface area contributed by atoms with E-state index in [9.17, 15) is 5.11 Å². The maximum Gasteiger partial charge on any atom is 0.0706 e. The van der Waals surface area contributed by atoms with Crippen LogP contribution in [0.4, 0.5) is 0 Å². The molecule has 1 N–H and O–H groups in total. The summed E-state index contributed by atoms with van der Waals surface area (Å²) in [5.41, 5.74) is 1.09. The maximum atomic E-state index is 10.1. The van der Waals surface area contributed by atoms with Crippen LogP contribution in [0.25, 0.3) is 0 Å². The Morgan fingerprint density at radius 1 is 1.50 bits per heavy atom. The molecule has 3 unspecified atom stereocenters. The van der Waals surface area contributed by atoms with Gasteiger partial charge >= 0.3 is 0 Å². The number of aliphatic hydroxyl groups excluding tert-OH is 1. The van der Waals surface area contributed by atoms with Gasteiger partial charge in [-0.15, -0.1) is 6.58 Å². The Labute approximate surface area is 95.7 Å². The molecule has 1 saturated heterocycles. The molecule has 1 rings (SSSR count). The summed E-state index contributed by atoms with van der Waals surface area (Å²) in [6, 6.07) is 0. The van der Waals surface area contributed by atoms with Gasteiger partial charge in [-0.25, -0.2) is 0 Å². The van der Waals surface area contributed by atoms with E-state index in [4.69, 9.17) is 0 Å². The molecule has 0 amide bonds. The number of hydrogen-bond donors (Lipinski definition) is 1. The van der Waals surface area contributed by atoms with Crippen LogP contribution in [-0.4, -0.2) is 33.2 Å². The van der Waals surface area contributed by atoms with Crippen LogP contribution in [0.15, 0.2) is 12.2 Å². The molecule has 1 aliphatic heterocycles. The summed E-state index contributed by atoms with van der Waals surface area (Å²) in [6.45, 7) is 8.07. The van der Waals surface area contributed by atoms with E-state index in [1.54, 1.807) is 0 Å². The average Bonchev–Trinajstić information content (AvgIpc) is 2.16. The molecule has 14 heavy (non-hydrogen) atoms. The average molecular weight is 232 g/mol. The van der Waals surface area contributed by atoms with Crippen molar-refractivity contribution in [2.75, 3.05) is 11.5 Å². The predicted octanol–water partition coefficient (Wildman–Crippen LogP) is 2.94.